The van der Waals surface area contributed by atoms with Gasteiger partial charge in [0.1, 0.15) is 0 Å². The number of hydrogen-bond acceptors (Lipinski definition) is 4. The third-order valence-corrected chi connectivity index (χ3v) is 6.74. The summed E-state index contributed by atoms with van der Waals surface area (Å²) in [6.07, 6.45) is 2.61. The SMILES string of the molecule is CCN(CCC(=O)O)C(=O)c1ccc(S(=O)(=O)N2CCCCC2C)cc1. The molecule has 26 heavy (non-hydrogen) atoms. The largest absolute Gasteiger partial charge is 0.481 e. The van der Waals surface area contributed by atoms with Gasteiger partial charge in [-0.2, -0.15) is 4.31 Å². The third-order valence-electron chi connectivity index (χ3n) is 4.71. The predicted molar refractivity (Wildman–Crippen MR) is 97.5 cm³/mol. The summed E-state index contributed by atoms with van der Waals surface area (Å²) in [5, 5.41) is 8.77. The lowest BCUT2D eigenvalue weighted by molar-refractivity contribution is -0.137. The molecule has 144 valence electrons. The van der Waals surface area contributed by atoms with Gasteiger partial charge in [-0.1, -0.05) is 6.42 Å². The Morgan fingerprint density at radius 3 is 2.42 bits per heavy atom. The Labute approximate surface area is 154 Å². The minimum atomic E-state index is -3.57. The minimum absolute atomic E-state index is 0.0262. The van der Waals surface area contributed by atoms with Gasteiger partial charge in [-0.15, -0.1) is 0 Å². The topological polar surface area (TPSA) is 95.0 Å². The lowest BCUT2D eigenvalue weighted by Crippen LogP contribution is -2.41. The summed E-state index contributed by atoms with van der Waals surface area (Å²) in [4.78, 5) is 24.8. The van der Waals surface area contributed by atoms with E-state index in [4.69, 9.17) is 5.11 Å². The number of piperidine rings is 1. The first-order valence-corrected chi connectivity index (χ1v) is 10.3. The van der Waals surface area contributed by atoms with E-state index in [-0.39, 0.29) is 29.8 Å². The molecule has 7 nitrogen and oxygen atoms in total. The first kappa shape index (κ1) is 20.4. The lowest BCUT2D eigenvalue weighted by Gasteiger charge is -2.32. The maximum Gasteiger partial charge on any atom is 0.305 e. The average molecular weight is 382 g/mol. The van der Waals surface area contributed by atoms with E-state index in [0.717, 1.165) is 19.3 Å². The van der Waals surface area contributed by atoms with Crippen LogP contribution in [0.2, 0.25) is 0 Å². The van der Waals surface area contributed by atoms with Crippen molar-refractivity contribution in [1.29, 1.82) is 0 Å². The van der Waals surface area contributed by atoms with Gasteiger partial charge in [-0.25, -0.2) is 8.42 Å². The number of carbonyl (C=O) groups is 2. The van der Waals surface area contributed by atoms with Crippen molar-refractivity contribution in [2.75, 3.05) is 19.6 Å². The molecule has 0 spiro atoms. The summed E-state index contributed by atoms with van der Waals surface area (Å²) in [5.74, 6) is -1.27. The highest BCUT2D eigenvalue weighted by molar-refractivity contribution is 7.89. The van der Waals surface area contributed by atoms with Gasteiger partial charge in [0.15, 0.2) is 0 Å². The Balaban J connectivity index is 2.16. The van der Waals surface area contributed by atoms with E-state index >= 15 is 0 Å². The van der Waals surface area contributed by atoms with Crippen LogP contribution in [0.1, 0.15) is 49.9 Å². The molecule has 1 atom stereocenters. The molecule has 1 unspecified atom stereocenters. The summed E-state index contributed by atoms with van der Waals surface area (Å²) in [6.45, 7) is 4.71. The number of carboxylic acid groups (broad SMARTS) is 1. The van der Waals surface area contributed by atoms with Gasteiger partial charge in [0.2, 0.25) is 10.0 Å². The molecular weight excluding hydrogens is 356 g/mol. The molecule has 1 heterocycles. The second-order valence-electron chi connectivity index (χ2n) is 6.51. The van der Waals surface area contributed by atoms with E-state index in [1.165, 1.54) is 33.5 Å². The minimum Gasteiger partial charge on any atom is -0.481 e. The highest BCUT2D eigenvalue weighted by Crippen LogP contribution is 2.25. The summed E-state index contributed by atoms with van der Waals surface area (Å²) >= 11 is 0. The first-order valence-electron chi connectivity index (χ1n) is 8.90. The van der Waals surface area contributed by atoms with Gasteiger partial charge >= 0.3 is 5.97 Å². The molecule has 1 N–H and O–H groups in total. The normalized spacial score (nSPS) is 18.5. The van der Waals surface area contributed by atoms with Gasteiger partial charge < -0.3 is 10.0 Å². The highest BCUT2D eigenvalue weighted by Gasteiger charge is 2.31. The number of nitrogens with zero attached hydrogens (tertiary/aromatic N) is 2. The number of carbonyl (C=O) groups excluding carboxylic acids is 1. The van der Waals surface area contributed by atoms with Crippen molar-refractivity contribution in [3.05, 3.63) is 29.8 Å². The molecule has 0 bridgehead atoms. The molecule has 1 aromatic rings. The number of benzene rings is 1. The maximum absolute atomic E-state index is 12.8. The molecule has 1 saturated heterocycles. The van der Waals surface area contributed by atoms with Gasteiger partial charge in [-0.05, 0) is 51.0 Å². The molecule has 2 rings (SSSR count). The van der Waals surface area contributed by atoms with Crippen molar-refractivity contribution in [2.45, 2.75) is 50.5 Å². The number of carboxylic acids is 1. The van der Waals surface area contributed by atoms with Crippen molar-refractivity contribution >= 4 is 21.9 Å². The van der Waals surface area contributed by atoms with Crippen molar-refractivity contribution in [1.82, 2.24) is 9.21 Å². The van der Waals surface area contributed by atoms with Gasteiger partial charge in [0.25, 0.3) is 5.91 Å². The van der Waals surface area contributed by atoms with Crippen LogP contribution in [0.25, 0.3) is 0 Å². The third kappa shape index (κ3) is 4.62. The lowest BCUT2D eigenvalue weighted by atomic mass is 10.1. The first-order chi connectivity index (χ1) is 12.3. The van der Waals surface area contributed by atoms with Gasteiger partial charge in [0.05, 0.1) is 11.3 Å². The quantitative estimate of drug-likeness (QED) is 0.780. The fourth-order valence-electron chi connectivity index (χ4n) is 3.15. The van der Waals surface area contributed by atoms with Crippen LogP contribution < -0.4 is 0 Å². The Morgan fingerprint density at radius 1 is 1.23 bits per heavy atom. The fourth-order valence-corrected chi connectivity index (χ4v) is 4.85. The molecular formula is C18H26N2O5S. The molecule has 1 aliphatic rings. The van der Waals surface area contributed by atoms with Crippen molar-refractivity contribution < 1.29 is 23.1 Å². The van der Waals surface area contributed by atoms with Gasteiger partial charge in [-0.3, -0.25) is 9.59 Å². The van der Waals surface area contributed by atoms with Crippen LogP contribution in [0.4, 0.5) is 0 Å². The molecule has 1 fully saturated rings. The smallest absolute Gasteiger partial charge is 0.305 e. The zero-order valence-electron chi connectivity index (χ0n) is 15.2. The van der Waals surface area contributed by atoms with Crippen LogP contribution in [-0.2, 0) is 14.8 Å². The number of sulfonamides is 1. The van der Waals surface area contributed by atoms with Crippen LogP contribution in [-0.4, -0.2) is 60.3 Å². The Kier molecular flexibility index (Phi) is 6.77. The average Bonchev–Trinajstić information content (AvgIpc) is 2.62. The molecule has 1 amide bonds. The van der Waals surface area contributed by atoms with Crippen LogP contribution in [0.5, 0.6) is 0 Å². The molecule has 0 aromatic heterocycles. The number of aliphatic carboxylic acids is 1. The van der Waals surface area contributed by atoms with Crippen LogP contribution in [0.15, 0.2) is 29.2 Å². The molecule has 1 aliphatic heterocycles. The van der Waals surface area contributed by atoms with E-state index < -0.39 is 16.0 Å². The van der Waals surface area contributed by atoms with E-state index in [2.05, 4.69) is 0 Å². The Morgan fingerprint density at radius 2 is 1.88 bits per heavy atom. The van der Waals surface area contributed by atoms with Crippen LogP contribution in [0, 0.1) is 0 Å². The summed E-state index contributed by atoms with van der Waals surface area (Å²) < 4.78 is 27.1. The van der Waals surface area contributed by atoms with Crippen molar-refractivity contribution in [3.63, 3.8) is 0 Å². The number of rotatable bonds is 7. The molecule has 0 saturated carbocycles. The Bertz CT molecular complexity index is 745. The molecule has 8 heteroatoms. The molecule has 1 aromatic carbocycles. The maximum atomic E-state index is 12.8. The molecule has 0 aliphatic carbocycles. The zero-order chi connectivity index (χ0) is 19.3. The second-order valence-corrected chi connectivity index (χ2v) is 8.40. The second kappa shape index (κ2) is 8.64. The summed E-state index contributed by atoms with van der Waals surface area (Å²) in [5.41, 5.74) is 0.350. The monoisotopic (exact) mass is 382 g/mol. The van der Waals surface area contributed by atoms with Crippen LogP contribution in [0.3, 0.4) is 0 Å². The van der Waals surface area contributed by atoms with Crippen LogP contribution >= 0.6 is 0 Å². The van der Waals surface area contributed by atoms with Crippen molar-refractivity contribution in [2.24, 2.45) is 0 Å². The standard InChI is InChI=1S/C18H26N2O5S/c1-3-19(13-11-17(21)22)18(23)15-7-9-16(10-8-15)26(24,25)20-12-5-4-6-14(20)2/h7-10,14H,3-6,11-13H2,1-2H3,(H,21,22). The fraction of sp³-hybridized carbons (Fsp3) is 0.556. The predicted octanol–water partition coefficient (Wildman–Crippen LogP) is 2.19. The van der Waals surface area contributed by atoms with E-state index in [0.29, 0.717) is 18.7 Å². The van der Waals surface area contributed by atoms with E-state index in [1.54, 1.807) is 6.92 Å². The zero-order valence-corrected chi connectivity index (χ0v) is 16.0. The number of hydrogen-bond donors (Lipinski definition) is 1. The Hall–Kier alpha value is -1.93. The summed E-state index contributed by atoms with van der Waals surface area (Å²) in [7, 11) is -3.57. The highest BCUT2D eigenvalue weighted by atomic mass is 32.2. The van der Waals surface area contributed by atoms with Crippen molar-refractivity contribution in [3.8, 4) is 0 Å². The van der Waals surface area contributed by atoms with E-state index in [9.17, 15) is 18.0 Å². The van der Waals surface area contributed by atoms with E-state index in [1.807, 2.05) is 6.92 Å². The number of amides is 1. The summed E-state index contributed by atoms with van der Waals surface area (Å²) in [6, 6.07) is 5.87. The molecule has 0 radical (unpaired) electrons. The van der Waals surface area contributed by atoms with Gasteiger partial charge in [0, 0.05) is 31.2 Å².